The van der Waals surface area contributed by atoms with Crippen molar-refractivity contribution < 1.29 is 18.7 Å². The van der Waals surface area contributed by atoms with E-state index in [4.69, 9.17) is 9.15 Å². The molecular formula is C21H19NO4. The molecule has 0 aliphatic heterocycles. The molecule has 0 saturated heterocycles. The van der Waals surface area contributed by atoms with E-state index in [1.165, 1.54) is 6.92 Å². The van der Waals surface area contributed by atoms with Gasteiger partial charge < -0.3 is 14.1 Å². The number of nitrogens with zero attached hydrogens (tertiary/aromatic N) is 1. The largest absolute Gasteiger partial charge is 0.484 e. The number of rotatable bonds is 7. The van der Waals surface area contributed by atoms with E-state index in [1.54, 1.807) is 41.5 Å². The van der Waals surface area contributed by atoms with E-state index in [1.807, 2.05) is 36.4 Å². The number of amides is 1. The molecular weight excluding hydrogens is 330 g/mol. The van der Waals surface area contributed by atoms with Gasteiger partial charge in [0.25, 0.3) is 5.91 Å². The van der Waals surface area contributed by atoms with Gasteiger partial charge in [0.15, 0.2) is 12.4 Å². The summed E-state index contributed by atoms with van der Waals surface area (Å²) < 4.78 is 11.0. The lowest BCUT2D eigenvalue weighted by Crippen LogP contribution is -2.34. The van der Waals surface area contributed by atoms with E-state index in [-0.39, 0.29) is 18.3 Å². The van der Waals surface area contributed by atoms with Gasteiger partial charge in [-0.25, -0.2) is 0 Å². The molecule has 0 aliphatic rings. The number of carbonyl (C=O) groups excluding carboxylic acids is 2. The zero-order chi connectivity index (χ0) is 18.4. The van der Waals surface area contributed by atoms with Crippen LogP contribution in [0.25, 0.3) is 0 Å². The first-order valence-electron chi connectivity index (χ1n) is 8.25. The lowest BCUT2D eigenvalue weighted by molar-refractivity contribution is -0.120. The van der Waals surface area contributed by atoms with Gasteiger partial charge in [-0.15, -0.1) is 0 Å². The molecule has 0 fully saturated rings. The standard InChI is InChI=1S/C21H19NO4/c1-16(23)17-7-5-10-19(13-17)26-15-21(24)22(14-20-11-6-12-25-20)18-8-3-2-4-9-18/h2-13H,14-15H2,1H3. The average Bonchev–Trinajstić information content (AvgIpc) is 3.18. The van der Waals surface area contributed by atoms with Crippen LogP contribution < -0.4 is 9.64 Å². The summed E-state index contributed by atoms with van der Waals surface area (Å²) in [4.78, 5) is 25.8. The van der Waals surface area contributed by atoms with Crippen LogP contribution in [0, 0.1) is 0 Å². The van der Waals surface area contributed by atoms with Crippen LogP contribution in [0.4, 0.5) is 5.69 Å². The molecule has 0 spiro atoms. The Morgan fingerprint density at radius 2 is 1.81 bits per heavy atom. The second-order valence-corrected chi connectivity index (χ2v) is 5.77. The Hall–Kier alpha value is -3.34. The summed E-state index contributed by atoms with van der Waals surface area (Å²) in [5.41, 5.74) is 1.31. The minimum absolute atomic E-state index is 0.0505. The molecule has 0 N–H and O–H groups in total. The number of para-hydroxylation sites is 1. The van der Waals surface area contributed by atoms with Crippen LogP contribution in [-0.4, -0.2) is 18.3 Å². The highest BCUT2D eigenvalue weighted by Crippen LogP contribution is 2.19. The van der Waals surface area contributed by atoms with E-state index in [2.05, 4.69) is 0 Å². The highest BCUT2D eigenvalue weighted by Gasteiger charge is 2.18. The molecule has 5 nitrogen and oxygen atoms in total. The number of hydrogen-bond acceptors (Lipinski definition) is 4. The molecule has 0 bridgehead atoms. The van der Waals surface area contributed by atoms with Crippen molar-refractivity contribution in [3.05, 3.63) is 84.3 Å². The fraction of sp³-hybridized carbons (Fsp3) is 0.143. The molecule has 26 heavy (non-hydrogen) atoms. The summed E-state index contributed by atoms with van der Waals surface area (Å²) in [7, 11) is 0. The van der Waals surface area contributed by atoms with Gasteiger partial charge in [0, 0.05) is 11.3 Å². The van der Waals surface area contributed by atoms with Gasteiger partial charge in [-0.3, -0.25) is 9.59 Å². The quantitative estimate of drug-likeness (QED) is 0.603. The third-order valence-corrected chi connectivity index (χ3v) is 3.87. The Morgan fingerprint density at radius 1 is 1.00 bits per heavy atom. The van der Waals surface area contributed by atoms with Crippen molar-refractivity contribution in [3.63, 3.8) is 0 Å². The predicted octanol–water partition coefficient (Wildman–Crippen LogP) is 4.09. The topological polar surface area (TPSA) is 59.8 Å². The molecule has 1 aromatic heterocycles. The Labute approximate surface area is 151 Å². The number of hydrogen-bond donors (Lipinski definition) is 0. The third kappa shape index (κ3) is 4.39. The minimum atomic E-state index is -0.208. The van der Waals surface area contributed by atoms with Crippen LogP contribution in [0.15, 0.2) is 77.4 Å². The summed E-state index contributed by atoms with van der Waals surface area (Å²) in [6.07, 6.45) is 1.58. The van der Waals surface area contributed by atoms with Crippen molar-refractivity contribution in [1.29, 1.82) is 0 Å². The molecule has 0 aliphatic carbocycles. The summed E-state index contributed by atoms with van der Waals surface area (Å²) in [5, 5.41) is 0. The Bertz CT molecular complexity index is 872. The molecule has 2 aromatic carbocycles. The van der Waals surface area contributed by atoms with Gasteiger partial charge in [-0.2, -0.15) is 0 Å². The molecule has 0 unspecified atom stereocenters. The Balaban J connectivity index is 1.73. The second-order valence-electron chi connectivity index (χ2n) is 5.77. The van der Waals surface area contributed by atoms with E-state index in [0.29, 0.717) is 23.6 Å². The van der Waals surface area contributed by atoms with Gasteiger partial charge in [-0.05, 0) is 43.3 Å². The van der Waals surface area contributed by atoms with Crippen molar-refractivity contribution >= 4 is 17.4 Å². The second kappa shape index (κ2) is 8.16. The van der Waals surface area contributed by atoms with Gasteiger partial charge in [0.05, 0.1) is 12.8 Å². The van der Waals surface area contributed by atoms with E-state index < -0.39 is 0 Å². The lowest BCUT2D eigenvalue weighted by Gasteiger charge is -2.22. The monoisotopic (exact) mass is 349 g/mol. The number of benzene rings is 2. The molecule has 0 atom stereocenters. The average molecular weight is 349 g/mol. The summed E-state index contributed by atoms with van der Waals surface area (Å²) in [5.74, 6) is 0.907. The normalized spacial score (nSPS) is 10.3. The number of carbonyl (C=O) groups is 2. The maximum absolute atomic E-state index is 12.8. The van der Waals surface area contributed by atoms with E-state index >= 15 is 0 Å². The summed E-state index contributed by atoms with van der Waals surface area (Å²) in [6, 6.07) is 19.8. The van der Waals surface area contributed by atoms with Crippen molar-refractivity contribution in [2.45, 2.75) is 13.5 Å². The first kappa shape index (κ1) is 17.5. The number of ketones is 1. The molecule has 3 aromatic rings. The van der Waals surface area contributed by atoms with Crippen LogP contribution in [0.2, 0.25) is 0 Å². The van der Waals surface area contributed by atoms with Crippen LogP contribution >= 0.6 is 0 Å². The highest BCUT2D eigenvalue weighted by atomic mass is 16.5. The van der Waals surface area contributed by atoms with Gasteiger partial charge in [0.1, 0.15) is 11.5 Å². The van der Waals surface area contributed by atoms with Crippen LogP contribution in [0.1, 0.15) is 23.0 Å². The van der Waals surface area contributed by atoms with Gasteiger partial charge >= 0.3 is 0 Å². The highest BCUT2D eigenvalue weighted by molar-refractivity contribution is 5.95. The number of furan rings is 1. The van der Waals surface area contributed by atoms with Crippen molar-refractivity contribution in [2.24, 2.45) is 0 Å². The minimum Gasteiger partial charge on any atom is -0.484 e. The van der Waals surface area contributed by atoms with Crippen LogP contribution in [-0.2, 0) is 11.3 Å². The smallest absolute Gasteiger partial charge is 0.265 e. The maximum Gasteiger partial charge on any atom is 0.265 e. The molecule has 132 valence electrons. The summed E-state index contributed by atoms with van der Waals surface area (Å²) >= 11 is 0. The fourth-order valence-electron chi connectivity index (χ4n) is 2.52. The first-order chi connectivity index (χ1) is 12.6. The maximum atomic E-state index is 12.8. The zero-order valence-electron chi connectivity index (χ0n) is 14.4. The molecule has 5 heteroatoms. The van der Waals surface area contributed by atoms with Gasteiger partial charge in [0.2, 0.25) is 0 Å². The predicted molar refractivity (Wildman–Crippen MR) is 98.3 cm³/mol. The molecule has 3 rings (SSSR count). The molecule has 1 heterocycles. The number of anilines is 1. The third-order valence-electron chi connectivity index (χ3n) is 3.87. The van der Waals surface area contributed by atoms with E-state index in [0.717, 1.165) is 5.69 Å². The molecule has 0 saturated carbocycles. The molecule has 0 radical (unpaired) electrons. The Morgan fingerprint density at radius 3 is 2.50 bits per heavy atom. The summed E-state index contributed by atoms with van der Waals surface area (Å²) in [6.45, 7) is 1.66. The van der Waals surface area contributed by atoms with Crippen LogP contribution in [0.5, 0.6) is 5.75 Å². The zero-order valence-corrected chi connectivity index (χ0v) is 14.4. The SMILES string of the molecule is CC(=O)c1cccc(OCC(=O)N(Cc2ccco2)c2ccccc2)c1. The number of ether oxygens (including phenoxy) is 1. The Kier molecular flexibility index (Phi) is 5.49. The number of Topliss-reactive ketones (excluding diaryl/α,β-unsaturated/α-hetero) is 1. The van der Waals surface area contributed by atoms with Crippen molar-refractivity contribution in [3.8, 4) is 5.75 Å². The lowest BCUT2D eigenvalue weighted by atomic mass is 10.1. The van der Waals surface area contributed by atoms with Crippen LogP contribution in [0.3, 0.4) is 0 Å². The van der Waals surface area contributed by atoms with Gasteiger partial charge in [-0.1, -0.05) is 30.3 Å². The van der Waals surface area contributed by atoms with E-state index in [9.17, 15) is 9.59 Å². The molecule has 1 amide bonds. The van der Waals surface area contributed by atoms with Crippen molar-refractivity contribution in [1.82, 2.24) is 0 Å². The van der Waals surface area contributed by atoms with Crippen molar-refractivity contribution in [2.75, 3.05) is 11.5 Å². The first-order valence-corrected chi connectivity index (χ1v) is 8.25. The fourth-order valence-corrected chi connectivity index (χ4v) is 2.52.